The molecule has 128 valence electrons. The molecule has 0 spiro atoms. The van der Waals surface area contributed by atoms with Gasteiger partial charge >= 0.3 is 0 Å². The van der Waals surface area contributed by atoms with Crippen molar-refractivity contribution < 1.29 is 5.11 Å². The highest BCUT2D eigenvalue weighted by Crippen LogP contribution is 2.47. The smallest absolute Gasteiger partial charge is 0.142 e. The van der Waals surface area contributed by atoms with Gasteiger partial charge in [0.25, 0.3) is 0 Å². The highest BCUT2D eigenvalue weighted by molar-refractivity contribution is 5.45. The van der Waals surface area contributed by atoms with E-state index in [4.69, 9.17) is 5.26 Å². The van der Waals surface area contributed by atoms with Crippen LogP contribution in [0.2, 0.25) is 0 Å². The van der Waals surface area contributed by atoms with Crippen molar-refractivity contribution in [2.45, 2.75) is 43.7 Å². The molecule has 1 saturated heterocycles. The summed E-state index contributed by atoms with van der Waals surface area (Å²) in [5.74, 6) is 1.07. The second-order valence-electron chi connectivity index (χ2n) is 7.18. The van der Waals surface area contributed by atoms with E-state index in [0.29, 0.717) is 12.1 Å². The molecule has 0 radical (unpaired) electrons. The summed E-state index contributed by atoms with van der Waals surface area (Å²) in [4.78, 5) is 6.83. The van der Waals surface area contributed by atoms with Crippen LogP contribution in [0.1, 0.15) is 43.4 Å². The van der Waals surface area contributed by atoms with Gasteiger partial charge in [-0.2, -0.15) is 5.26 Å². The summed E-state index contributed by atoms with van der Waals surface area (Å²) < 4.78 is 0. The SMILES string of the molecule is N#Cc1cccc(N2CC[C@@](O)(c3ccccc3)[C@H]3CCCC[C@H]32)n1. The Morgan fingerprint density at radius 1 is 1.08 bits per heavy atom. The number of anilines is 1. The van der Waals surface area contributed by atoms with Crippen molar-refractivity contribution in [2.24, 2.45) is 5.92 Å². The molecular formula is C21H23N3O. The first-order valence-corrected chi connectivity index (χ1v) is 9.14. The van der Waals surface area contributed by atoms with Crippen molar-refractivity contribution in [3.63, 3.8) is 0 Å². The van der Waals surface area contributed by atoms with E-state index in [9.17, 15) is 5.11 Å². The lowest BCUT2D eigenvalue weighted by Gasteiger charge is -2.53. The number of pyridine rings is 1. The molecule has 2 fully saturated rings. The van der Waals surface area contributed by atoms with E-state index in [2.05, 4.69) is 28.1 Å². The van der Waals surface area contributed by atoms with Gasteiger partial charge < -0.3 is 10.0 Å². The summed E-state index contributed by atoms with van der Waals surface area (Å²) in [5, 5.41) is 20.8. The van der Waals surface area contributed by atoms with Crippen molar-refractivity contribution in [3.8, 4) is 6.07 Å². The summed E-state index contributed by atoms with van der Waals surface area (Å²) in [6.45, 7) is 0.758. The van der Waals surface area contributed by atoms with Gasteiger partial charge in [0, 0.05) is 18.5 Å². The zero-order chi connectivity index (χ0) is 17.3. The second-order valence-corrected chi connectivity index (χ2v) is 7.18. The van der Waals surface area contributed by atoms with Crippen LogP contribution in [0.4, 0.5) is 5.82 Å². The van der Waals surface area contributed by atoms with Crippen molar-refractivity contribution in [1.29, 1.82) is 5.26 Å². The molecule has 1 N–H and O–H groups in total. The molecule has 3 atom stereocenters. The first-order chi connectivity index (χ1) is 12.2. The largest absolute Gasteiger partial charge is 0.385 e. The van der Waals surface area contributed by atoms with Gasteiger partial charge in [0.05, 0.1) is 5.60 Å². The molecule has 1 aliphatic heterocycles. The Balaban J connectivity index is 1.70. The monoisotopic (exact) mass is 333 g/mol. The van der Waals surface area contributed by atoms with Gasteiger partial charge in [-0.3, -0.25) is 0 Å². The number of nitrogens with zero attached hydrogens (tertiary/aromatic N) is 3. The Bertz CT molecular complexity index is 785. The average Bonchev–Trinajstić information content (AvgIpc) is 2.69. The Morgan fingerprint density at radius 2 is 1.88 bits per heavy atom. The van der Waals surface area contributed by atoms with E-state index in [-0.39, 0.29) is 12.0 Å². The minimum Gasteiger partial charge on any atom is -0.385 e. The highest BCUT2D eigenvalue weighted by atomic mass is 16.3. The van der Waals surface area contributed by atoms with E-state index < -0.39 is 5.60 Å². The average molecular weight is 333 g/mol. The van der Waals surface area contributed by atoms with E-state index >= 15 is 0 Å². The fourth-order valence-corrected chi connectivity index (χ4v) is 4.70. The molecule has 4 nitrogen and oxygen atoms in total. The molecule has 2 heterocycles. The molecule has 2 aromatic rings. The molecule has 1 aliphatic carbocycles. The predicted molar refractivity (Wildman–Crippen MR) is 97.0 cm³/mol. The number of hydrogen-bond acceptors (Lipinski definition) is 4. The molecule has 2 aliphatic rings. The number of benzene rings is 1. The van der Waals surface area contributed by atoms with E-state index in [1.54, 1.807) is 6.07 Å². The molecule has 1 saturated carbocycles. The normalized spacial score (nSPS) is 28.9. The van der Waals surface area contributed by atoms with Crippen LogP contribution in [0.3, 0.4) is 0 Å². The lowest BCUT2D eigenvalue weighted by Crippen LogP contribution is -2.57. The number of aliphatic hydroxyl groups is 1. The number of piperidine rings is 1. The topological polar surface area (TPSA) is 60.2 Å². The first-order valence-electron chi connectivity index (χ1n) is 9.14. The van der Waals surface area contributed by atoms with Gasteiger partial charge in [0.1, 0.15) is 17.6 Å². The maximum atomic E-state index is 11.6. The molecule has 1 aromatic carbocycles. The van der Waals surface area contributed by atoms with Gasteiger partial charge in [-0.05, 0) is 37.0 Å². The molecule has 4 heteroatoms. The van der Waals surface area contributed by atoms with Crippen LogP contribution >= 0.6 is 0 Å². The van der Waals surface area contributed by atoms with Crippen LogP contribution in [0, 0.1) is 17.2 Å². The van der Waals surface area contributed by atoms with Crippen LogP contribution in [-0.4, -0.2) is 22.7 Å². The van der Waals surface area contributed by atoms with Crippen molar-refractivity contribution in [2.75, 3.05) is 11.4 Å². The molecule has 0 unspecified atom stereocenters. The Hall–Kier alpha value is -2.38. The number of fused-ring (bicyclic) bond motifs is 1. The van der Waals surface area contributed by atoms with Gasteiger partial charge in [-0.1, -0.05) is 49.2 Å². The van der Waals surface area contributed by atoms with Gasteiger partial charge in [-0.15, -0.1) is 0 Å². The van der Waals surface area contributed by atoms with E-state index in [1.165, 1.54) is 6.42 Å². The maximum Gasteiger partial charge on any atom is 0.142 e. The molecular weight excluding hydrogens is 310 g/mol. The van der Waals surface area contributed by atoms with Gasteiger partial charge in [-0.25, -0.2) is 4.98 Å². The Morgan fingerprint density at radius 3 is 2.68 bits per heavy atom. The lowest BCUT2D eigenvalue weighted by molar-refractivity contribution is -0.0690. The van der Waals surface area contributed by atoms with Crippen LogP contribution in [0.5, 0.6) is 0 Å². The fourth-order valence-electron chi connectivity index (χ4n) is 4.70. The lowest BCUT2D eigenvalue weighted by atomic mass is 9.66. The van der Waals surface area contributed by atoms with Gasteiger partial charge in [0.2, 0.25) is 0 Å². The summed E-state index contributed by atoms with van der Waals surface area (Å²) in [7, 11) is 0. The summed E-state index contributed by atoms with van der Waals surface area (Å²) in [6, 6.07) is 18.2. The highest BCUT2D eigenvalue weighted by Gasteiger charge is 2.49. The minimum absolute atomic E-state index is 0.199. The predicted octanol–water partition coefficient (Wildman–Crippen LogP) is 3.61. The summed E-state index contributed by atoms with van der Waals surface area (Å²) in [6.07, 6.45) is 5.13. The fraction of sp³-hybridized carbons (Fsp3) is 0.429. The second kappa shape index (κ2) is 6.50. The van der Waals surface area contributed by atoms with Crippen molar-refractivity contribution >= 4 is 5.82 Å². The quantitative estimate of drug-likeness (QED) is 0.912. The number of aromatic nitrogens is 1. The summed E-state index contributed by atoms with van der Waals surface area (Å²) in [5.41, 5.74) is 0.717. The number of nitriles is 1. The third kappa shape index (κ3) is 2.79. The minimum atomic E-state index is -0.768. The third-order valence-electron chi connectivity index (χ3n) is 5.89. The van der Waals surface area contributed by atoms with Crippen molar-refractivity contribution in [1.82, 2.24) is 4.98 Å². The summed E-state index contributed by atoms with van der Waals surface area (Å²) >= 11 is 0. The number of hydrogen-bond donors (Lipinski definition) is 1. The third-order valence-corrected chi connectivity index (χ3v) is 5.89. The molecule has 1 aromatic heterocycles. The van der Waals surface area contributed by atoms with Crippen LogP contribution in [0.15, 0.2) is 48.5 Å². The standard InChI is InChI=1S/C21H23N3O/c22-15-17-9-6-12-20(23-17)24-14-13-21(25,16-7-2-1-3-8-16)18-10-4-5-11-19(18)24/h1-3,6-9,12,18-19,25H,4-5,10-11,13-14H2/t18-,19+,21+/m0/s1. The molecule has 25 heavy (non-hydrogen) atoms. The van der Waals surface area contributed by atoms with Crippen LogP contribution < -0.4 is 4.90 Å². The van der Waals surface area contributed by atoms with Crippen molar-refractivity contribution in [3.05, 3.63) is 59.8 Å². The Labute approximate surface area is 148 Å². The molecule has 0 amide bonds. The first kappa shape index (κ1) is 16.1. The maximum absolute atomic E-state index is 11.6. The zero-order valence-corrected chi connectivity index (χ0v) is 14.3. The van der Waals surface area contributed by atoms with Crippen LogP contribution in [0.25, 0.3) is 0 Å². The zero-order valence-electron chi connectivity index (χ0n) is 14.3. The van der Waals surface area contributed by atoms with Gasteiger partial charge in [0.15, 0.2) is 0 Å². The van der Waals surface area contributed by atoms with E-state index in [0.717, 1.165) is 37.2 Å². The molecule has 0 bridgehead atoms. The molecule has 4 rings (SSSR count). The Kier molecular flexibility index (Phi) is 4.19. The van der Waals surface area contributed by atoms with E-state index in [1.807, 2.05) is 30.3 Å². The van der Waals surface area contributed by atoms with Crippen LogP contribution in [-0.2, 0) is 5.60 Å². The number of rotatable bonds is 2.